The Hall–Kier alpha value is -0.610. The first-order valence-corrected chi connectivity index (χ1v) is 5.73. The van der Waals surface area contributed by atoms with Crippen LogP contribution < -0.4 is 0 Å². The zero-order chi connectivity index (χ0) is 11.3. The van der Waals surface area contributed by atoms with Crippen LogP contribution in [0.3, 0.4) is 0 Å². The topological polar surface area (TPSA) is 49.8 Å². The van der Waals surface area contributed by atoms with Crippen molar-refractivity contribution in [3.63, 3.8) is 0 Å². The Balaban J connectivity index is 2.52. The number of carbonyl (C=O) groups is 1. The number of hydrogen-bond acceptors (Lipinski definition) is 3. The van der Waals surface area contributed by atoms with Gasteiger partial charge >= 0.3 is 5.97 Å². The van der Waals surface area contributed by atoms with Gasteiger partial charge in [-0.3, -0.25) is 9.69 Å². The summed E-state index contributed by atoms with van der Waals surface area (Å²) >= 11 is 0. The molecule has 0 radical (unpaired) electrons. The average molecular weight is 215 g/mol. The van der Waals surface area contributed by atoms with E-state index in [1.165, 1.54) is 0 Å². The van der Waals surface area contributed by atoms with E-state index in [-0.39, 0.29) is 0 Å². The maximum atomic E-state index is 11.0. The number of rotatable bonds is 5. The highest BCUT2D eigenvalue weighted by Crippen LogP contribution is 2.14. The Morgan fingerprint density at radius 1 is 1.53 bits per heavy atom. The second-order valence-electron chi connectivity index (χ2n) is 4.11. The van der Waals surface area contributed by atoms with Gasteiger partial charge in [0.25, 0.3) is 0 Å². The lowest BCUT2D eigenvalue weighted by atomic mass is 10.0. The third-order valence-electron chi connectivity index (χ3n) is 3.17. The van der Waals surface area contributed by atoms with E-state index in [9.17, 15) is 4.79 Å². The van der Waals surface area contributed by atoms with Crippen molar-refractivity contribution in [3.8, 4) is 0 Å². The second kappa shape index (κ2) is 6.08. The fraction of sp³-hybridized carbons (Fsp3) is 0.909. The Labute approximate surface area is 91.2 Å². The highest BCUT2D eigenvalue weighted by atomic mass is 16.5. The highest BCUT2D eigenvalue weighted by molar-refractivity contribution is 5.73. The van der Waals surface area contributed by atoms with Gasteiger partial charge in [-0.25, -0.2) is 0 Å². The van der Waals surface area contributed by atoms with Crippen LogP contribution in [0, 0.1) is 5.92 Å². The van der Waals surface area contributed by atoms with E-state index in [1.807, 2.05) is 4.90 Å². The molecule has 1 saturated heterocycles. The molecule has 0 saturated carbocycles. The van der Waals surface area contributed by atoms with Crippen LogP contribution in [0.4, 0.5) is 0 Å². The molecule has 1 heterocycles. The largest absolute Gasteiger partial charge is 0.480 e. The summed E-state index contributed by atoms with van der Waals surface area (Å²) in [4.78, 5) is 13.0. The fourth-order valence-corrected chi connectivity index (χ4v) is 1.96. The summed E-state index contributed by atoms with van der Waals surface area (Å²) in [6.07, 6.45) is 2.22. The number of aliphatic carboxylic acids is 1. The SMILES string of the molecule is CCC(CC)CN1CCOCC1C(=O)O. The van der Waals surface area contributed by atoms with Gasteiger partial charge in [0.05, 0.1) is 13.2 Å². The lowest BCUT2D eigenvalue weighted by Gasteiger charge is -2.34. The van der Waals surface area contributed by atoms with Crippen molar-refractivity contribution in [2.24, 2.45) is 5.92 Å². The molecule has 1 atom stereocenters. The summed E-state index contributed by atoms with van der Waals surface area (Å²) in [5.74, 6) is -0.161. The van der Waals surface area contributed by atoms with Gasteiger partial charge in [0.2, 0.25) is 0 Å². The number of ether oxygens (including phenoxy) is 1. The van der Waals surface area contributed by atoms with E-state index < -0.39 is 12.0 Å². The number of carboxylic acids is 1. The van der Waals surface area contributed by atoms with Crippen LogP contribution in [0.15, 0.2) is 0 Å². The Kier molecular flexibility index (Phi) is 5.05. The summed E-state index contributed by atoms with van der Waals surface area (Å²) < 4.78 is 5.20. The lowest BCUT2D eigenvalue weighted by Crippen LogP contribution is -2.51. The molecule has 4 heteroatoms. The van der Waals surface area contributed by atoms with Crippen LogP contribution >= 0.6 is 0 Å². The maximum Gasteiger partial charge on any atom is 0.323 e. The van der Waals surface area contributed by atoms with Crippen LogP contribution in [0.1, 0.15) is 26.7 Å². The van der Waals surface area contributed by atoms with E-state index >= 15 is 0 Å². The molecule has 0 aromatic rings. The molecule has 1 N–H and O–H groups in total. The third kappa shape index (κ3) is 3.47. The summed E-state index contributed by atoms with van der Waals surface area (Å²) in [6.45, 7) is 6.93. The molecule has 88 valence electrons. The van der Waals surface area contributed by atoms with E-state index in [2.05, 4.69) is 13.8 Å². The number of carboxylic acid groups (broad SMARTS) is 1. The van der Waals surface area contributed by atoms with Crippen LogP contribution in [0.2, 0.25) is 0 Å². The fourth-order valence-electron chi connectivity index (χ4n) is 1.96. The zero-order valence-corrected chi connectivity index (χ0v) is 9.61. The molecule has 1 rings (SSSR count). The van der Waals surface area contributed by atoms with Crippen molar-refractivity contribution in [2.45, 2.75) is 32.7 Å². The molecule has 0 spiro atoms. The second-order valence-corrected chi connectivity index (χ2v) is 4.11. The Morgan fingerprint density at radius 3 is 2.73 bits per heavy atom. The molecule has 1 aliphatic rings. The van der Waals surface area contributed by atoms with E-state index in [0.29, 0.717) is 19.1 Å². The van der Waals surface area contributed by atoms with Crippen molar-refractivity contribution in [3.05, 3.63) is 0 Å². The average Bonchev–Trinajstić information content (AvgIpc) is 2.26. The quantitative estimate of drug-likeness (QED) is 0.749. The van der Waals surface area contributed by atoms with Gasteiger partial charge in [0.15, 0.2) is 0 Å². The molecule has 0 aliphatic carbocycles. The summed E-state index contributed by atoms with van der Waals surface area (Å²) in [5, 5.41) is 9.05. The number of hydrogen-bond donors (Lipinski definition) is 1. The van der Waals surface area contributed by atoms with Gasteiger partial charge in [-0.1, -0.05) is 26.7 Å². The third-order valence-corrected chi connectivity index (χ3v) is 3.17. The van der Waals surface area contributed by atoms with E-state index in [0.717, 1.165) is 25.9 Å². The van der Waals surface area contributed by atoms with Crippen LogP contribution in [0.5, 0.6) is 0 Å². The zero-order valence-electron chi connectivity index (χ0n) is 9.61. The first-order valence-electron chi connectivity index (χ1n) is 5.73. The molecule has 0 bridgehead atoms. The van der Waals surface area contributed by atoms with Gasteiger partial charge in [-0.05, 0) is 5.92 Å². The van der Waals surface area contributed by atoms with Crippen molar-refractivity contribution < 1.29 is 14.6 Å². The van der Waals surface area contributed by atoms with Gasteiger partial charge in [0, 0.05) is 13.1 Å². The minimum absolute atomic E-state index is 0.329. The maximum absolute atomic E-state index is 11.0. The lowest BCUT2D eigenvalue weighted by molar-refractivity contribution is -0.150. The molecular weight excluding hydrogens is 194 g/mol. The van der Waals surface area contributed by atoms with Gasteiger partial charge in [0.1, 0.15) is 6.04 Å². The minimum Gasteiger partial charge on any atom is -0.480 e. The summed E-state index contributed by atoms with van der Waals surface area (Å²) in [7, 11) is 0. The highest BCUT2D eigenvalue weighted by Gasteiger charge is 2.29. The first-order chi connectivity index (χ1) is 7.19. The van der Waals surface area contributed by atoms with E-state index in [1.54, 1.807) is 0 Å². The van der Waals surface area contributed by atoms with Crippen molar-refractivity contribution in [2.75, 3.05) is 26.3 Å². The predicted octanol–water partition coefficient (Wildman–Crippen LogP) is 1.21. The molecule has 0 aromatic heterocycles. The van der Waals surface area contributed by atoms with Gasteiger partial charge < -0.3 is 9.84 Å². The number of nitrogens with zero attached hydrogens (tertiary/aromatic N) is 1. The summed E-state index contributed by atoms with van der Waals surface area (Å²) in [5.41, 5.74) is 0. The standard InChI is InChI=1S/C11H21NO3/c1-3-9(4-2)7-12-5-6-15-8-10(12)11(13)14/h9-10H,3-8H2,1-2H3,(H,13,14). The van der Waals surface area contributed by atoms with Crippen molar-refractivity contribution in [1.82, 2.24) is 4.90 Å². The van der Waals surface area contributed by atoms with Crippen LogP contribution in [-0.2, 0) is 9.53 Å². The van der Waals surface area contributed by atoms with Gasteiger partial charge in [-0.2, -0.15) is 0 Å². The molecule has 15 heavy (non-hydrogen) atoms. The molecule has 4 nitrogen and oxygen atoms in total. The normalized spacial score (nSPS) is 23.3. The Bertz CT molecular complexity index is 204. The molecule has 1 unspecified atom stereocenters. The molecule has 0 aromatic carbocycles. The molecule has 1 aliphatic heterocycles. The van der Waals surface area contributed by atoms with E-state index in [4.69, 9.17) is 9.84 Å². The van der Waals surface area contributed by atoms with Crippen molar-refractivity contribution >= 4 is 5.97 Å². The molecule has 0 amide bonds. The first kappa shape index (κ1) is 12.5. The Morgan fingerprint density at radius 2 is 2.20 bits per heavy atom. The predicted molar refractivity (Wildman–Crippen MR) is 57.9 cm³/mol. The smallest absolute Gasteiger partial charge is 0.323 e. The molecular formula is C11H21NO3. The molecule has 1 fully saturated rings. The summed E-state index contributed by atoms with van der Waals surface area (Å²) in [6, 6.07) is -0.445. The van der Waals surface area contributed by atoms with Crippen LogP contribution in [-0.4, -0.2) is 48.3 Å². The van der Waals surface area contributed by atoms with Crippen molar-refractivity contribution in [1.29, 1.82) is 0 Å². The van der Waals surface area contributed by atoms with Crippen LogP contribution in [0.25, 0.3) is 0 Å². The minimum atomic E-state index is -0.763. The number of morpholine rings is 1. The van der Waals surface area contributed by atoms with Gasteiger partial charge in [-0.15, -0.1) is 0 Å². The monoisotopic (exact) mass is 215 g/mol.